The molecule has 16 heavy (non-hydrogen) atoms. The third kappa shape index (κ3) is 2.94. The van der Waals surface area contributed by atoms with Gasteiger partial charge in [-0.1, -0.05) is 19.8 Å². The summed E-state index contributed by atoms with van der Waals surface area (Å²) in [6.07, 6.45) is 10.1. The first-order chi connectivity index (χ1) is 7.75. The van der Waals surface area contributed by atoms with Gasteiger partial charge in [-0.05, 0) is 32.1 Å². The fourth-order valence-corrected chi connectivity index (χ4v) is 2.37. The fraction of sp³-hybridized carbons (Fsp3) is 0.692. The molecule has 88 valence electrons. The van der Waals surface area contributed by atoms with Gasteiger partial charge in [0, 0.05) is 18.4 Å². The summed E-state index contributed by atoms with van der Waals surface area (Å²) in [5.41, 5.74) is 1.000. The molecule has 0 radical (unpaired) electrons. The summed E-state index contributed by atoms with van der Waals surface area (Å²) >= 11 is 0. The van der Waals surface area contributed by atoms with Gasteiger partial charge in [-0.3, -0.25) is 4.98 Å². The third-order valence-electron chi connectivity index (χ3n) is 3.48. The summed E-state index contributed by atoms with van der Waals surface area (Å²) in [6, 6.07) is 0.584. The Bertz CT molecular complexity index is 338. The Morgan fingerprint density at radius 1 is 1.12 bits per heavy atom. The van der Waals surface area contributed by atoms with Crippen LogP contribution in [-0.4, -0.2) is 16.0 Å². The van der Waals surface area contributed by atoms with E-state index in [2.05, 4.69) is 22.2 Å². The number of aromatic nitrogens is 2. The molecule has 2 unspecified atom stereocenters. The largest absolute Gasteiger partial charge is 0.366 e. The lowest BCUT2D eigenvalue weighted by atomic mass is 10.0. The normalized spacial score (nSPS) is 26.1. The van der Waals surface area contributed by atoms with Crippen molar-refractivity contribution in [3.8, 4) is 0 Å². The van der Waals surface area contributed by atoms with Crippen molar-refractivity contribution in [1.29, 1.82) is 0 Å². The summed E-state index contributed by atoms with van der Waals surface area (Å²) in [5.74, 6) is 1.84. The molecule has 0 aliphatic heterocycles. The lowest BCUT2D eigenvalue weighted by molar-refractivity contribution is 0.501. The van der Waals surface area contributed by atoms with Crippen LogP contribution in [0.25, 0.3) is 0 Å². The molecule has 1 N–H and O–H groups in total. The van der Waals surface area contributed by atoms with Crippen LogP contribution >= 0.6 is 0 Å². The highest BCUT2D eigenvalue weighted by molar-refractivity contribution is 5.39. The fourth-order valence-electron chi connectivity index (χ4n) is 2.37. The van der Waals surface area contributed by atoms with Crippen molar-refractivity contribution < 1.29 is 0 Å². The zero-order chi connectivity index (χ0) is 11.4. The van der Waals surface area contributed by atoms with Gasteiger partial charge in [-0.2, -0.15) is 0 Å². The molecule has 1 aliphatic rings. The smallest absolute Gasteiger partial charge is 0.147 e. The van der Waals surface area contributed by atoms with Gasteiger partial charge in [0.05, 0.1) is 5.69 Å². The molecule has 0 spiro atoms. The molecule has 1 heterocycles. The molecule has 2 rings (SSSR count). The predicted molar refractivity (Wildman–Crippen MR) is 66.4 cm³/mol. The number of aryl methyl sites for hydroxylation is 1. The van der Waals surface area contributed by atoms with Gasteiger partial charge in [0.1, 0.15) is 5.82 Å². The molecule has 1 fully saturated rings. The maximum absolute atomic E-state index is 4.35. The number of hydrogen-bond acceptors (Lipinski definition) is 3. The molecule has 0 saturated heterocycles. The summed E-state index contributed by atoms with van der Waals surface area (Å²) in [7, 11) is 0. The van der Waals surface area contributed by atoms with Crippen molar-refractivity contribution in [1.82, 2.24) is 9.97 Å². The first-order valence-electron chi connectivity index (χ1n) is 6.30. The Balaban J connectivity index is 1.96. The van der Waals surface area contributed by atoms with E-state index >= 15 is 0 Å². The molecule has 3 nitrogen and oxygen atoms in total. The van der Waals surface area contributed by atoms with Crippen molar-refractivity contribution in [3.63, 3.8) is 0 Å². The maximum atomic E-state index is 4.35. The van der Waals surface area contributed by atoms with Crippen LogP contribution in [0.15, 0.2) is 12.4 Å². The van der Waals surface area contributed by atoms with Gasteiger partial charge < -0.3 is 5.32 Å². The third-order valence-corrected chi connectivity index (χ3v) is 3.48. The maximum Gasteiger partial charge on any atom is 0.147 e. The van der Waals surface area contributed by atoms with Crippen molar-refractivity contribution in [2.75, 3.05) is 5.32 Å². The molecular formula is C13H21N3. The lowest BCUT2D eigenvalue weighted by Crippen LogP contribution is -2.20. The Labute approximate surface area is 97.7 Å². The zero-order valence-electron chi connectivity index (χ0n) is 10.2. The SMILES string of the molecule is Cc1nccnc1NC1CCCC(C)CC1. The van der Waals surface area contributed by atoms with Crippen LogP contribution in [0.4, 0.5) is 5.82 Å². The van der Waals surface area contributed by atoms with E-state index in [1.807, 2.05) is 6.92 Å². The van der Waals surface area contributed by atoms with Crippen LogP contribution in [0.2, 0.25) is 0 Å². The second-order valence-electron chi connectivity index (χ2n) is 4.95. The van der Waals surface area contributed by atoms with Gasteiger partial charge in [-0.25, -0.2) is 4.98 Å². The number of nitrogens with one attached hydrogen (secondary N) is 1. The number of rotatable bonds is 2. The van der Waals surface area contributed by atoms with Gasteiger partial charge in [0.2, 0.25) is 0 Å². The van der Waals surface area contributed by atoms with E-state index in [4.69, 9.17) is 0 Å². The van der Waals surface area contributed by atoms with Crippen LogP contribution in [0.1, 0.15) is 44.7 Å². The molecule has 0 aromatic carbocycles. The van der Waals surface area contributed by atoms with Crippen molar-refractivity contribution >= 4 is 5.82 Å². The Morgan fingerprint density at radius 2 is 1.94 bits per heavy atom. The van der Waals surface area contributed by atoms with Crippen LogP contribution in [-0.2, 0) is 0 Å². The number of hydrogen-bond donors (Lipinski definition) is 1. The number of nitrogens with zero attached hydrogens (tertiary/aromatic N) is 2. The highest BCUT2D eigenvalue weighted by Crippen LogP contribution is 2.24. The first kappa shape index (κ1) is 11.4. The van der Waals surface area contributed by atoms with Crippen LogP contribution in [0.5, 0.6) is 0 Å². The van der Waals surface area contributed by atoms with E-state index in [1.165, 1.54) is 32.1 Å². The van der Waals surface area contributed by atoms with E-state index in [0.717, 1.165) is 17.4 Å². The second-order valence-corrected chi connectivity index (χ2v) is 4.95. The topological polar surface area (TPSA) is 37.8 Å². The van der Waals surface area contributed by atoms with E-state index < -0.39 is 0 Å². The Hall–Kier alpha value is -1.12. The summed E-state index contributed by atoms with van der Waals surface area (Å²) in [4.78, 5) is 8.61. The quantitative estimate of drug-likeness (QED) is 0.776. The molecular weight excluding hydrogens is 198 g/mol. The zero-order valence-corrected chi connectivity index (χ0v) is 10.2. The lowest BCUT2D eigenvalue weighted by Gasteiger charge is -2.17. The standard InChI is InChI=1S/C13H21N3/c1-10-4-3-5-12(7-6-10)16-13-11(2)14-8-9-15-13/h8-10,12H,3-7H2,1-2H3,(H,15,16). The summed E-state index contributed by atoms with van der Waals surface area (Å²) in [5, 5.41) is 3.54. The molecule has 0 bridgehead atoms. The predicted octanol–water partition coefficient (Wildman–Crippen LogP) is 3.17. The van der Waals surface area contributed by atoms with Gasteiger partial charge >= 0.3 is 0 Å². The molecule has 1 aromatic heterocycles. The molecule has 0 amide bonds. The van der Waals surface area contributed by atoms with Gasteiger partial charge in [-0.15, -0.1) is 0 Å². The number of anilines is 1. The molecule has 1 aromatic rings. The average molecular weight is 219 g/mol. The van der Waals surface area contributed by atoms with E-state index in [1.54, 1.807) is 12.4 Å². The highest BCUT2D eigenvalue weighted by atomic mass is 15.0. The highest BCUT2D eigenvalue weighted by Gasteiger charge is 2.16. The minimum absolute atomic E-state index is 0.584. The molecule has 1 aliphatic carbocycles. The van der Waals surface area contributed by atoms with Crippen molar-refractivity contribution in [2.24, 2.45) is 5.92 Å². The van der Waals surface area contributed by atoms with Crippen LogP contribution in [0, 0.1) is 12.8 Å². The average Bonchev–Trinajstić information content (AvgIpc) is 2.47. The van der Waals surface area contributed by atoms with E-state index in [0.29, 0.717) is 6.04 Å². The minimum Gasteiger partial charge on any atom is -0.366 e. The van der Waals surface area contributed by atoms with E-state index in [-0.39, 0.29) is 0 Å². The Kier molecular flexibility index (Phi) is 3.75. The Morgan fingerprint density at radius 3 is 2.75 bits per heavy atom. The summed E-state index contributed by atoms with van der Waals surface area (Å²) in [6.45, 7) is 4.37. The van der Waals surface area contributed by atoms with E-state index in [9.17, 15) is 0 Å². The van der Waals surface area contributed by atoms with Crippen LogP contribution in [0.3, 0.4) is 0 Å². The van der Waals surface area contributed by atoms with Crippen molar-refractivity contribution in [3.05, 3.63) is 18.1 Å². The minimum atomic E-state index is 0.584. The first-order valence-corrected chi connectivity index (χ1v) is 6.30. The van der Waals surface area contributed by atoms with Gasteiger partial charge in [0.15, 0.2) is 0 Å². The second kappa shape index (κ2) is 5.28. The van der Waals surface area contributed by atoms with Gasteiger partial charge in [0.25, 0.3) is 0 Å². The van der Waals surface area contributed by atoms with Crippen LogP contribution < -0.4 is 5.32 Å². The monoisotopic (exact) mass is 219 g/mol. The van der Waals surface area contributed by atoms with Crippen molar-refractivity contribution in [2.45, 2.75) is 52.0 Å². The molecule has 3 heteroatoms. The molecule has 2 atom stereocenters. The molecule has 1 saturated carbocycles. The summed E-state index contributed by atoms with van der Waals surface area (Å²) < 4.78 is 0.